The second-order valence-corrected chi connectivity index (χ2v) is 6.05. The van der Waals surface area contributed by atoms with E-state index in [-0.39, 0.29) is 17.9 Å². The molecule has 0 radical (unpaired) electrons. The predicted molar refractivity (Wildman–Crippen MR) is 94.4 cm³/mol. The zero-order valence-corrected chi connectivity index (χ0v) is 14.2. The number of ether oxygens (including phenoxy) is 1. The number of nitrogens with two attached hydrogens (primary N) is 1. The van der Waals surface area contributed by atoms with E-state index in [1.54, 1.807) is 6.92 Å². The summed E-state index contributed by atoms with van der Waals surface area (Å²) >= 11 is 6.02. The van der Waals surface area contributed by atoms with Crippen molar-refractivity contribution in [3.05, 3.63) is 59.1 Å². The summed E-state index contributed by atoms with van der Waals surface area (Å²) < 4.78 is 5.02. The van der Waals surface area contributed by atoms with E-state index in [0.29, 0.717) is 13.0 Å². The summed E-state index contributed by atoms with van der Waals surface area (Å²) in [5.41, 5.74) is 9.41. The Balaban J connectivity index is 2.04. The van der Waals surface area contributed by atoms with Gasteiger partial charge in [0.2, 0.25) is 0 Å². The quantitative estimate of drug-likeness (QED) is 0.811. The molecule has 0 aromatic heterocycles. The third-order valence-corrected chi connectivity index (χ3v) is 4.12. The molecule has 0 fully saturated rings. The van der Waals surface area contributed by atoms with Crippen molar-refractivity contribution >= 4 is 17.6 Å². The van der Waals surface area contributed by atoms with Crippen molar-refractivity contribution in [2.45, 2.75) is 26.3 Å². The number of halogens is 1. The van der Waals surface area contributed by atoms with E-state index in [9.17, 15) is 4.79 Å². The molecule has 0 aliphatic heterocycles. The van der Waals surface area contributed by atoms with Crippen LogP contribution in [0.15, 0.2) is 48.5 Å². The summed E-state index contributed by atoms with van der Waals surface area (Å²) in [4.78, 5) is 11.7. The highest BCUT2D eigenvalue weighted by Gasteiger charge is 2.22. The molecule has 2 aromatic carbocycles. The first-order chi connectivity index (χ1) is 11.0. The summed E-state index contributed by atoms with van der Waals surface area (Å²) in [5, 5.41) is 0.719. The minimum absolute atomic E-state index is 0.240. The summed E-state index contributed by atoms with van der Waals surface area (Å²) in [7, 11) is 0. The molecule has 0 spiro atoms. The fraction of sp³-hybridized carbons (Fsp3) is 0.316. The lowest BCUT2D eigenvalue weighted by atomic mass is 9.94. The molecule has 0 heterocycles. The van der Waals surface area contributed by atoms with Crippen LogP contribution in [0.2, 0.25) is 5.02 Å². The van der Waals surface area contributed by atoms with Gasteiger partial charge in [-0.3, -0.25) is 4.79 Å². The van der Waals surface area contributed by atoms with Crippen LogP contribution in [0.3, 0.4) is 0 Å². The molecule has 0 aliphatic carbocycles. The maximum Gasteiger partial charge on any atom is 0.310 e. The summed E-state index contributed by atoms with van der Waals surface area (Å²) in [6.07, 6.45) is 0.635. The Labute approximate surface area is 142 Å². The van der Waals surface area contributed by atoms with Crippen LogP contribution in [0.4, 0.5) is 0 Å². The number of rotatable bonds is 6. The maximum absolute atomic E-state index is 11.7. The van der Waals surface area contributed by atoms with Gasteiger partial charge in [-0.1, -0.05) is 54.9 Å². The van der Waals surface area contributed by atoms with E-state index < -0.39 is 0 Å². The van der Waals surface area contributed by atoms with Crippen LogP contribution in [0.1, 0.15) is 19.4 Å². The first-order valence-corrected chi connectivity index (χ1v) is 8.16. The van der Waals surface area contributed by atoms with Crippen molar-refractivity contribution < 1.29 is 9.53 Å². The molecule has 4 heteroatoms. The average molecular weight is 332 g/mol. The largest absolute Gasteiger partial charge is 0.466 e. The van der Waals surface area contributed by atoms with Crippen LogP contribution in [0.5, 0.6) is 0 Å². The van der Waals surface area contributed by atoms with Crippen molar-refractivity contribution in [1.82, 2.24) is 0 Å². The number of hydrogen-bond acceptors (Lipinski definition) is 3. The first-order valence-electron chi connectivity index (χ1n) is 7.78. The molecule has 122 valence electrons. The smallest absolute Gasteiger partial charge is 0.310 e. The molecule has 3 nitrogen and oxygen atoms in total. The molecule has 2 atom stereocenters. The highest BCUT2D eigenvalue weighted by Crippen LogP contribution is 2.23. The normalized spacial score (nSPS) is 13.4. The van der Waals surface area contributed by atoms with Gasteiger partial charge in [0.1, 0.15) is 0 Å². The monoisotopic (exact) mass is 331 g/mol. The molecule has 2 rings (SSSR count). The lowest BCUT2D eigenvalue weighted by Gasteiger charge is -2.18. The zero-order valence-electron chi connectivity index (χ0n) is 13.5. The van der Waals surface area contributed by atoms with Gasteiger partial charge in [-0.2, -0.15) is 0 Å². The average Bonchev–Trinajstić information content (AvgIpc) is 2.55. The molecule has 0 saturated carbocycles. The van der Waals surface area contributed by atoms with Gasteiger partial charge in [-0.15, -0.1) is 0 Å². The van der Waals surface area contributed by atoms with Crippen LogP contribution in [-0.2, 0) is 16.0 Å². The number of esters is 1. The third-order valence-electron chi connectivity index (χ3n) is 3.88. The lowest BCUT2D eigenvalue weighted by molar-refractivity contribution is -0.148. The van der Waals surface area contributed by atoms with E-state index in [1.165, 1.54) is 0 Å². The topological polar surface area (TPSA) is 52.3 Å². The second kappa shape index (κ2) is 8.14. The zero-order chi connectivity index (χ0) is 16.8. The van der Waals surface area contributed by atoms with Crippen molar-refractivity contribution in [2.75, 3.05) is 6.61 Å². The van der Waals surface area contributed by atoms with Crippen molar-refractivity contribution in [1.29, 1.82) is 0 Å². The molecule has 0 amide bonds. The fourth-order valence-corrected chi connectivity index (χ4v) is 2.59. The summed E-state index contributed by atoms with van der Waals surface area (Å²) in [6, 6.07) is 15.7. The van der Waals surface area contributed by atoms with Gasteiger partial charge >= 0.3 is 5.97 Å². The Morgan fingerprint density at radius 2 is 1.87 bits per heavy atom. The number of benzene rings is 2. The molecule has 2 aromatic rings. The molecule has 23 heavy (non-hydrogen) atoms. The predicted octanol–water partition coefficient (Wildman–Crippen LogP) is 4.08. The summed E-state index contributed by atoms with van der Waals surface area (Å²) in [6.45, 7) is 3.98. The van der Waals surface area contributed by atoms with Crippen molar-refractivity contribution in [3.63, 3.8) is 0 Å². The Morgan fingerprint density at radius 3 is 2.48 bits per heavy atom. The van der Waals surface area contributed by atoms with Gasteiger partial charge in [0.15, 0.2) is 0 Å². The Bertz CT molecular complexity index is 655. The highest BCUT2D eigenvalue weighted by molar-refractivity contribution is 6.30. The molecular formula is C19H22ClNO2. The second-order valence-electron chi connectivity index (χ2n) is 5.62. The van der Waals surface area contributed by atoms with Gasteiger partial charge in [-0.25, -0.2) is 0 Å². The van der Waals surface area contributed by atoms with Crippen molar-refractivity contribution in [2.24, 2.45) is 11.7 Å². The number of carbonyl (C=O) groups excluding carboxylic acids is 1. The molecule has 0 aliphatic rings. The maximum atomic E-state index is 11.7. The Kier molecular flexibility index (Phi) is 6.20. The van der Waals surface area contributed by atoms with Gasteiger partial charge < -0.3 is 10.5 Å². The van der Waals surface area contributed by atoms with Gasteiger partial charge in [0.25, 0.3) is 0 Å². The molecule has 1 unspecified atom stereocenters. The number of hydrogen-bond donors (Lipinski definition) is 1. The van der Waals surface area contributed by atoms with E-state index in [1.807, 2.05) is 55.5 Å². The van der Waals surface area contributed by atoms with Gasteiger partial charge in [0.05, 0.1) is 12.5 Å². The van der Waals surface area contributed by atoms with Crippen LogP contribution >= 0.6 is 11.6 Å². The highest BCUT2D eigenvalue weighted by atomic mass is 35.5. The van der Waals surface area contributed by atoms with Gasteiger partial charge in [0, 0.05) is 11.1 Å². The number of carbonyl (C=O) groups is 1. The van der Waals surface area contributed by atoms with Crippen molar-refractivity contribution in [3.8, 4) is 11.1 Å². The van der Waals surface area contributed by atoms with Crippen LogP contribution in [0.25, 0.3) is 11.1 Å². The van der Waals surface area contributed by atoms with Crippen LogP contribution in [0, 0.1) is 5.92 Å². The van der Waals surface area contributed by atoms with E-state index in [2.05, 4.69) is 0 Å². The third kappa shape index (κ3) is 4.81. The van der Waals surface area contributed by atoms with E-state index in [4.69, 9.17) is 22.1 Å². The molecule has 0 saturated heterocycles. The van der Waals surface area contributed by atoms with Crippen LogP contribution < -0.4 is 5.73 Å². The Morgan fingerprint density at radius 1 is 1.17 bits per heavy atom. The minimum atomic E-state index is -0.317. The van der Waals surface area contributed by atoms with Crippen LogP contribution in [-0.4, -0.2) is 18.6 Å². The SMILES string of the molecule is CCOC(=O)C(C)[C@H](N)Cc1ccc(-c2cccc(Cl)c2)cc1. The minimum Gasteiger partial charge on any atom is -0.466 e. The molecule has 0 bridgehead atoms. The first kappa shape index (κ1) is 17.5. The van der Waals surface area contributed by atoms with E-state index in [0.717, 1.165) is 21.7 Å². The summed E-state index contributed by atoms with van der Waals surface area (Å²) in [5.74, 6) is -0.557. The molecule has 2 N–H and O–H groups in total. The fourth-order valence-electron chi connectivity index (χ4n) is 2.40. The Hall–Kier alpha value is -1.84. The molecular weight excluding hydrogens is 310 g/mol. The standard InChI is InChI=1S/C19H22ClNO2/c1-3-23-19(22)13(2)18(21)11-14-7-9-15(10-8-14)16-5-4-6-17(20)12-16/h4-10,12-13,18H,3,11,21H2,1-2H3/t13?,18-/m1/s1. The van der Waals surface area contributed by atoms with Gasteiger partial charge in [-0.05, 0) is 42.2 Å². The lowest BCUT2D eigenvalue weighted by Crippen LogP contribution is -2.36. The van der Waals surface area contributed by atoms with E-state index >= 15 is 0 Å².